The summed E-state index contributed by atoms with van der Waals surface area (Å²) in [5.74, 6) is 0.489. The molecule has 6 heteroatoms. The number of amides is 1. The van der Waals surface area contributed by atoms with Gasteiger partial charge in [0.05, 0.1) is 6.54 Å². The van der Waals surface area contributed by atoms with Crippen LogP contribution in [-0.4, -0.2) is 46.0 Å². The van der Waals surface area contributed by atoms with E-state index in [9.17, 15) is 4.79 Å². The maximum atomic E-state index is 12.0. The van der Waals surface area contributed by atoms with Crippen LogP contribution in [0.25, 0.3) is 0 Å². The normalized spacial score (nSPS) is 19.6. The van der Waals surface area contributed by atoms with Gasteiger partial charge < -0.3 is 14.4 Å². The lowest BCUT2D eigenvalue weighted by molar-refractivity contribution is 0.00711. The molecular formula is C14H21N3O3. The number of likely N-dealkylation sites (tertiary alicyclic amines) is 1. The Labute approximate surface area is 119 Å². The molecule has 1 atom stereocenters. The first-order valence-corrected chi connectivity index (χ1v) is 6.86. The van der Waals surface area contributed by atoms with Crippen LogP contribution >= 0.6 is 0 Å². The molecule has 2 rings (SSSR count). The van der Waals surface area contributed by atoms with E-state index >= 15 is 0 Å². The number of piperidine rings is 1. The van der Waals surface area contributed by atoms with Crippen molar-refractivity contribution in [2.24, 2.45) is 0 Å². The minimum Gasteiger partial charge on any atom is -0.471 e. The van der Waals surface area contributed by atoms with E-state index in [2.05, 4.69) is 10.2 Å². The zero-order chi connectivity index (χ0) is 14.6. The molecule has 0 spiro atoms. The molecule has 0 aromatic carbocycles. The second-order valence-electron chi connectivity index (χ2n) is 5.87. The summed E-state index contributed by atoms with van der Waals surface area (Å²) in [5, 5.41) is 7.67. The van der Waals surface area contributed by atoms with Crippen LogP contribution in [0.3, 0.4) is 0 Å². The second kappa shape index (κ2) is 6.07. The van der Waals surface area contributed by atoms with Crippen LogP contribution in [0.4, 0.5) is 4.79 Å². The molecule has 2 heterocycles. The monoisotopic (exact) mass is 279 g/mol. The van der Waals surface area contributed by atoms with Gasteiger partial charge in [0, 0.05) is 18.8 Å². The van der Waals surface area contributed by atoms with Crippen molar-refractivity contribution in [1.29, 1.82) is 0 Å². The van der Waals surface area contributed by atoms with E-state index in [4.69, 9.17) is 9.47 Å². The lowest BCUT2D eigenvalue weighted by atomic mass is 10.1. The van der Waals surface area contributed by atoms with Gasteiger partial charge >= 0.3 is 6.09 Å². The number of carbonyl (C=O) groups excluding carboxylic acids is 1. The Morgan fingerprint density at radius 3 is 2.90 bits per heavy atom. The Hall–Kier alpha value is -1.85. The topological polar surface area (TPSA) is 64.5 Å². The van der Waals surface area contributed by atoms with Crippen LogP contribution in [0.15, 0.2) is 18.3 Å². The lowest BCUT2D eigenvalue weighted by Gasteiger charge is -2.33. The van der Waals surface area contributed by atoms with Crippen molar-refractivity contribution in [1.82, 2.24) is 15.1 Å². The Balaban J connectivity index is 1.90. The van der Waals surface area contributed by atoms with Gasteiger partial charge in [-0.3, -0.25) is 0 Å². The van der Waals surface area contributed by atoms with Crippen LogP contribution in [-0.2, 0) is 4.74 Å². The molecule has 1 amide bonds. The maximum Gasteiger partial charge on any atom is 0.410 e. The van der Waals surface area contributed by atoms with Gasteiger partial charge in [-0.1, -0.05) is 0 Å². The van der Waals surface area contributed by atoms with Crippen LogP contribution < -0.4 is 4.74 Å². The van der Waals surface area contributed by atoms with Gasteiger partial charge in [0.25, 0.3) is 0 Å². The van der Waals surface area contributed by atoms with E-state index in [1.807, 2.05) is 20.8 Å². The number of nitrogens with zero attached hydrogens (tertiary/aromatic N) is 3. The van der Waals surface area contributed by atoms with Crippen molar-refractivity contribution in [3.63, 3.8) is 0 Å². The number of hydrogen-bond acceptors (Lipinski definition) is 5. The minimum atomic E-state index is -0.476. The number of carbonyl (C=O) groups is 1. The SMILES string of the molecule is CC(C)(C)OC(=O)N1CCC[C@@H](Oc2cccnn2)C1. The van der Waals surface area contributed by atoms with Crippen LogP contribution in [0.5, 0.6) is 5.88 Å². The number of ether oxygens (including phenoxy) is 2. The summed E-state index contributed by atoms with van der Waals surface area (Å²) in [7, 11) is 0. The molecule has 6 nitrogen and oxygen atoms in total. The average Bonchev–Trinajstić information content (AvgIpc) is 2.38. The summed E-state index contributed by atoms with van der Waals surface area (Å²) in [6, 6.07) is 3.54. The molecule has 0 bridgehead atoms. The van der Waals surface area contributed by atoms with Gasteiger partial charge in [-0.15, -0.1) is 5.10 Å². The Bertz CT molecular complexity index is 445. The van der Waals surface area contributed by atoms with Crippen LogP contribution in [0, 0.1) is 0 Å². The van der Waals surface area contributed by atoms with Crippen molar-refractivity contribution >= 4 is 6.09 Å². The van der Waals surface area contributed by atoms with E-state index in [-0.39, 0.29) is 12.2 Å². The molecule has 1 fully saturated rings. The van der Waals surface area contributed by atoms with Crippen molar-refractivity contribution in [3.8, 4) is 5.88 Å². The van der Waals surface area contributed by atoms with Crippen molar-refractivity contribution in [2.75, 3.05) is 13.1 Å². The predicted octanol–water partition coefficient (Wildman–Crippen LogP) is 2.25. The van der Waals surface area contributed by atoms with Gasteiger partial charge in [0.2, 0.25) is 5.88 Å². The molecule has 1 aromatic rings. The highest BCUT2D eigenvalue weighted by Crippen LogP contribution is 2.18. The summed E-state index contributed by atoms with van der Waals surface area (Å²) in [5.41, 5.74) is -0.476. The van der Waals surface area contributed by atoms with E-state index in [0.717, 1.165) is 12.8 Å². The van der Waals surface area contributed by atoms with E-state index in [1.54, 1.807) is 23.2 Å². The highest BCUT2D eigenvalue weighted by Gasteiger charge is 2.28. The molecular weight excluding hydrogens is 258 g/mol. The Kier molecular flexibility index (Phi) is 4.42. The van der Waals surface area contributed by atoms with Crippen molar-refractivity contribution < 1.29 is 14.3 Å². The molecule has 110 valence electrons. The van der Waals surface area contributed by atoms with E-state index < -0.39 is 5.60 Å². The third-order valence-electron chi connectivity index (χ3n) is 2.87. The largest absolute Gasteiger partial charge is 0.471 e. The number of hydrogen-bond donors (Lipinski definition) is 0. The quantitative estimate of drug-likeness (QED) is 0.830. The zero-order valence-electron chi connectivity index (χ0n) is 12.2. The molecule has 1 saturated heterocycles. The summed E-state index contributed by atoms with van der Waals surface area (Å²) in [4.78, 5) is 13.7. The van der Waals surface area contributed by atoms with Gasteiger partial charge in [0.1, 0.15) is 11.7 Å². The van der Waals surface area contributed by atoms with E-state index in [0.29, 0.717) is 19.0 Å². The first-order chi connectivity index (χ1) is 9.44. The summed E-state index contributed by atoms with van der Waals surface area (Å²) in [6.07, 6.45) is 3.04. The van der Waals surface area contributed by atoms with Crippen LogP contribution in [0.2, 0.25) is 0 Å². The highest BCUT2D eigenvalue weighted by atomic mass is 16.6. The summed E-state index contributed by atoms with van der Waals surface area (Å²) >= 11 is 0. The summed E-state index contributed by atoms with van der Waals surface area (Å²) < 4.78 is 11.1. The van der Waals surface area contributed by atoms with Gasteiger partial charge in [-0.05, 0) is 39.7 Å². The molecule has 20 heavy (non-hydrogen) atoms. The van der Waals surface area contributed by atoms with E-state index in [1.165, 1.54) is 0 Å². The average molecular weight is 279 g/mol. The maximum absolute atomic E-state index is 12.0. The fraction of sp³-hybridized carbons (Fsp3) is 0.643. The third-order valence-corrected chi connectivity index (χ3v) is 2.87. The highest BCUT2D eigenvalue weighted by molar-refractivity contribution is 5.68. The standard InChI is InChI=1S/C14H21N3O3/c1-14(2,3)20-13(18)17-9-5-6-11(10-17)19-12-7-4-8-15-16-12/h4,7-8,11H,5-6,9-10H2,1-3H3/t11-/m1/s1. The summed E-state index contributed by atoms with van der Waals surface area (Å²) in [6.45, 7) is 6.81. The molecule has 0 N–H and O–H groups in total. The fourth-order valence-corrected chi connectivity index (χ4v) is 2.05. The first-order valence-electron chi connectivity index (χ1n) is 6.86. The van der Waals surface area contributed by atoms with Crippen molar-refractivity contribution in [3.05, 3.63) is 18.3 Å². The molecule has 1 aliphatic heterocycles. The Morgan fingerprint density at radius 2 is 2.25 bits per heavy atom. The van der Waals surface area contributed by atoms with Gasteiger partial charge in [-0.25, -0.2) is 4.79 Å². The third kappa shape index (κ3) is 4.36. The first kappa shape index (κ1) is 14.6. The molecule has 1 aliphatic rings. The van der Waals surface area contributed by atoms with Crippen LogP contribution in [0.1, 0.15) is 33.6 Å². The van der Waals surface area contributed by atoms with Gasteiger partial charge in [-0.2, -0.15) is 5.10 Å². The molecule has 0 aliphatic carbocycles. The number of rotatable bonds is 2. The molecule has 1 aromatic heterocycles. The minimum absolute atomic E-state index is 0.0621. The molecule has 0 radical (unpaired) electrons. The fourth-order valence-electron chi connectivity index (χ4n) is 2.05. The molecule has 0 saturated carbocycles. The zero-order valence-corrected chi connectivity index (χ0v) is 12.2. The van der Waals surface area contributed by atoms with Gasteiger partial charge in [0.15, 0.2) is 0 Å². The molecule has 0 unspecified atom stereocenters. The predicted molar refractivity (Wildman–Crippen MR) is 73.5 cm³/mol. The Morgan fingerprint density at radius 1 is 1.45 bits per heavy atom. The lowest BCUT2D eigenvalue weighted by Crippen LogP contribution is -2.46. The number of aromatic nitrogens is 2. The second-order valence-corrected chi connectivity index (χ2v) is 5.87. The van der Waals surface area contributed by atoms with Crippen molar-refractivity contribution in [2.45, 2.75) is 45.3 Å². The smallest absolute Gasteiger partial charge is 0.410 e.